The van der Waals surface area contributed by atoms with E-state index in [-0.39, 0.29) is 11.9 Å². The monoisotopic (exact) mass is 334 g/mol. The van der Waals surface area contributed by atoms with Crippen LogP contribution in [0.5, 0.6) is 0 Å². The molecule has 1 N–H and O–H groups in total. The maximum atomic E-state index is 12.4. The first kappa shape index (κ1) is 16.2. The van der Waals surface area contributed by atoms with Crippen LogP contribution in [-0.4, -0.2) is 43.7 Å². The van der Waals surface area contributed by atoms with Crippen molar-refractivity contribution in [2.75, 3.05) is 32.8 Å². The van der Waals surface area contributed by atoms with Gasteiger partial charge in [-0.25, -0.2) is 0 Å². The van der Waals surface area contributed by atoms with Crippen LogP contribution in [0.3, 0.4) is 0 Å². The number of ether oxygens (including phenoxy) is 1. The zero-order valence-corrected chi connectivity index (χ0v) is 14.3. The van der Waals surface area contributed by atoms with E-state index in [9.17, 15) is 4.79 Å². The number of thiophene rings is 1. The fourth-order valence-corrected chi connectivity index (χ4v) is 3.65. The number of furan rings is 1. The minimum absolute atomic E-state index is 0.0148. The van der Waals surface area contributed by atoms with E-state index in [0.29, 0.717) is 19.8 Å². The van der Waals surface area contributed by atoms with Crippen molar-refractivity contribution in [3.63, 3.8) is 0 Å². The zero-order valence-electron chi connectivity index (χ0n) is 13.5. The number of nitrogens with zero attached hydrogens (tertiary/aromatic N) is 1. The molecule has 0 spiro atoms. The highest BCUT2D eigenvalue weighted by atomic mass is 32.1. The largest absolute Gasteiger partial charge is 0.465 e. The van der Waals surface area contributed by atoms with Gasteiger partial charge in [0.05, 0.1) is 24.1 Å². The third-order valence-corrected chi connectivity index (χ3v) is 5.12. The van der Waals surface area contributed by atoms with E-state index in [0.717, 1.165) is 35.1 Å². The first-order valence-corrected chi connectivity index (χ1v) is 8.73. The number of rotatable bonds is 5. The number of amides is 1. The van der Waals surface area contributed by atoms with Crippen LogP contribution in [0.25, 0.3) is 0 Å². The maximum Gasteiger partial charge on any atom is 0.261 e. The summed E-state index contributed by atoms with van der Waals surface area (Å²) in [6.45, 7) is 7.55. The van der Waals surface area contributed by atoms with E-state index in [1.807, 2.05) is 37.4 Å². The molecule has 1 atom stereocenters. The van der Waals surface area contributed by atoms with Crippen LogP contribution in [0.4, 0.5) is 0 Å². The van der Waals surface area contributed by atoms with E-state index in [1.54, 1.807) is 0 Å². The van der Waals surface area contributed by atoms with E-state index in [2.05, 4.69) is 10.2 Å². The number of morpholine rings is 1. The number of carbonyl (C=O) groups excluding carboxylic acids is 1. The smallest absolute Gasteiger partial charge is 0.261 e. The van der Waals surface area contributed by atoms with Gasteiger partial charge in [0.2, 0.25) is 0 Å². The summed E-state index contributed by atoms with van der Waals surface area (Å²) in [6, 6.07) is 5.97. The van der Waals surface area contributed by atoms with Gasteiger partial charge in [-0.1, -0.05) is 0 Å². The Hall–Kier alpha value is -1.63. The lowest BCUT2D eigenvalue weighted by Gasteiger charge is -2.33. The average Bonchev–Trinajstić information content (AvgIpc) is 3.17. The molecule has 3 rings (SSSR count). The van der Waals surface area contributed by atoms with Crippen LogP contribution >= 0.6 is 11.3 Å². The lowest BCUT2D eigenvalue weighted by atomic mass is 10.1. The Balaban J connectivity index is 1.71. The molecular weight excluding hydrogens is 312 g/mol. The molecule has 0 radical (unpaired) electrons. The molecule has 1 fully saturated rings. The number of hydrogen-bond acceptors (Lipinski definition) is 5. The topological polar surface area (TPSA) is 54.7 Å². The molecule has 0 unspecified atom stereocenters. The van der Waals surface area contributed by atoms with Gasteiger partial charge in [0, 0.05) is 19.6 Å². The van der Waals surface area contributed by atoms with E-state index in [1.165, 1.54) is 11.3 Å². The molecule has 0 aliphatic carbocycles. The predicted octanol–water partition coefficient (Wildman–Crippen LogP) is 2.76. The molecule has 2 aromatic heterocycles. The van der Waals surface area contributed by atoms with Crippen molar-refractivity contribution in [1.82, 2.24) is 10.2 Å². The molecule has 1 saturated heterocycles. The van der Waals surface area contributed by atoms with Gasteiger partial charge in [-0.15, -0.1) is 11.3 Å². The Morgan fingerprint density at radius 3 is 2.70 bits per heavy atom. The molecule has 6 heteroatoms. The van der Waals surface area contributed by atoms with Crippen LogP contribution in [0.1, 0.15) is 32.8 Å². The highest BCUT2D eigenvalue weighted by molar-refractivity contribution is 7.12. The minimum atomic E-state index is -0.0148. The van der Waals surface area contributed by atoms with Crippen molar-refractivity contribution >= 4 is 17.2 Å². The quantitative estimate of drug-likeness (QED) is 0.913. The molecule has 124 valence electrons. The molecule has 0 aromatic carbocycles. The number of hydrogen-bond donors (Lipinski definition) is 1. The Bertz CT molecular complexity index is 658. The summed E-state index contributed by atoms with van der Waals surface area (Å²) < 4.78 is 11.2. The number of aryl methyl sites for hydroxylation is 2. The van der Waals surface area contributed by atoms with Gasteiger partial charge in [0.1, 0.15) is 11.5 Å². The first-order chi connectivity index (χ1) is 11.1. The normalized spacial score (nSPS) is 17.1. The molecule has 1 aliphatic rings. The summed E-state index contributed by atoms with van der Waals surface area (Å²) in [4.78, 5) is 15.5. The Labute approximate surface area is 140 Å². The lowest BCUT2D eigenvalue weighted by molar-refractivity contribution is 0.0117. The van der Waals surface area contributed by atoms with Gasteiger partial charge in [0.25, 0.3) is 5.91 Å². The van der Waals surface area contributed by atoms with Crippen molar-refractivity contribution in [3.05, 3.63) is 45.5 Å². The van der Waals surface area contributed by atoms with Crippen LogP contribution in [0, 0.1) is 13.8 Å². The van der Waals surface area contributed by atoms with Crippen molar-refractivity contribution < 1.29 is 13.9 Å². The Kier molecular flexibility index (Phi) is 5.15. The second kappa shape index (κ2) is 7.29. The first-order valence-electron chi connectivity index (χ1n) is 7.85. The van der Waals surface area contributed by atoms with Crippen LogP contribution < -0.4 is 5.32 Å². The standard InChI is InChI=1S/C17H22N2O3S/c1-12-5-10-23-16(12)17(20)18-11-14(15-4-3-13(2)22-15)19-6-8-21-9-7-19/h3-5,10,14H,6-9,11H2,1-2H3,(H,18,20)/t14-/m1/s1. The van der Waals surface area contributed by atoms with Gasteiger partial charge in [-0.2, -0.15) is 0 Å². The van der Waals surface area contributed by atoms with Crippen molar-refractivity contribution in [3.8, 4) is 0 Å². The number of carbonyl (C=O) groups is 1. The van der Waals surface area contributed by atoms with Crippen molar-refractivity contribution in [1.29, 1.82) is 0 Å². The highest BCUT2D eigenvalue weighted by Crippen LogP contribution is 2.24. The third kappa shape index (κ3) is 3.83. The van der Waals surface area contributed by atoms with Crippen LogP contribution in [0.15, 0.2) is 28.0 Å². The maximum absolute atomic E-state index is 12.4. The molecule has 1 amide bonds. The Morgan fingerprint density at radius 2 is 2.09 bits per heavy atom. The summed E-state index contributed by atoms with van der Waals surface area (Å²) in [5.41, 5.74) is 1.02. The molecule has 3 heterocycles. The van der Waals surface area contributed by atoms with Gasteiger partial charge < -0.3 is 14.5 Å². The fourth-order valence-electron chi connectivity index (χ4n) is 2.81. The summed E-state index contributed by atoms with van der Waals surface area (Å²) >= 11 is 1.48. The SMILES string of the molecule is Cc1ccc([C@@H](CNC(=O)c2sccc2C)N2CCOCC2)o1. The second-order valence-corrected chi connectivity index (χ2v) is 6.67. The second-order valence-electron chi connectivity index (χ2n) is 5.76. The molecule has 1 aliphatic heterocycles. The van der Waals surface area contributed by atoms with Gasteiger partial charge >= 0.3 is 0 Å². The van der Waals surface area contributed by atoms with E-state index < -0.39 is 0 Å². The number of nitrogens with one attached hydrogen (secondary N) is 1. The predicted molar refractivity (Wildman–Crippen MR) is 90.0 cm³/mol. The van der Waals surface area contributed by atoms with Crippen molar-refractivity contribution in [2.24, 2.45) is 0 Å². The minimum Gasteiger partial charge on any atom is -0.465 e. The summed E-state index contributed by atoms with van der Waals surface area (Å²) in [7, 11) is 0. The molecule has 5 nitrogen and oxygen atoms in total. The fraction of sp³-hybridized carbons (Fsp3) is 0.471. The summed E-state index contributed by atoms with van der Waals surface area (Å²) in [5, 5.41) is 5.00. The summed E-state index contributed by atoms with van der Waals surface area (Å²) in [6.07, 6.45) is 0. The third-order valence-electron chi connectivity index (χ3n) is 4.10. The lowest BCUT2D eigenvalue weighted by Crippen LogP contribution is -2.43. The molecule has 0 bridgehead atoms. The van der Waals surface area contributed by atoms with E-state index in [4.69, 9.17) is 9.15 Å². The van der Waals surface area contributed by atoms with Crippen LogP contribution in [0.2, 0.25) is 0 Å². The Morgan fingerprint density at radius 1 is 1.30 bits per heavy atom. The van der Waals surface area contributed by atoms with Gasteiger partial charge in [-0.3, -0.25) is 9.69 Å². The highest BCUT2D eigenvalue weighted by Gasteiger charge is 2.26. The van der Waals surface area contributed by atoms with Gasteiger partial charge in [-0.05, 0) is 43.0 Å². The van der Waals surface area contributed by atoms with E-state index >= 15 is 0 Å². The molecular formula is C17H22N2O3S. The summed E-state index contributed by atoms with van der Waals surface area (Å²) in [5.74, 6) is 1.77. The zero-order chi connectivity index (χ0) is 16.2. The molecule has 0 saturated carbocycles. The average molecular weight is 334 g/mol. The van der Waals surface area contributed by atoms with Crippen LogP contribution in [-0.2, 0) is 4.74 Å². The van der Waals surface area contributed by atoms with Gasteiger partial charge in [0.15, 0.2) is 0 Å². The molecule has 23 heavy (non-hydrogen) atoms. The molecule has 2 aromatic rings. The van der Waals surface area contributed by atoms with Crippen molar-refractivity contribution in [2.45, 2.75) is 19.9 Å².